The predicted octanol–water partition coefficient (Wildman–Crippen LogP) is 4.66. The number of nitrogens with zero attached hydrogens (tertiary/aromatic N) is 4. The zero-order chi connectivity index (χ0) is 23.8. The van der Waals surface area contributed by atoms with Crippen molar-refractivity contribution in [1.29, 1.82) is 0 Å². The number of rotatable bonds is 6. The van der Waals surface area contributed by atoms with E-state index in [1.54, 1.807) is 28.7 Å². The van der Waals surface area contributed by atoms with Gasteiger partial charge in [-0.15, -0.1) is 11.3 Å². The summed E-state index contributed by atoms with van der Waals surface area (Å²) in [5.74, 6) is 0.291. The molecule has 172 valence electrons. The van der Waals surface area contributed by atoms with Gasteiger partial charge in [-0.1, -0.05) is 23.9 Å². The first kappa shape index (κ1) is 22.2. The second-order valence-corrected chi connectivity index (χ2v) is 9.07. The Morgan fingerprint density at radius 2 is 1.85 bits per heavy atom. The van der Waals surface area contributed by atoms with Crippen LogP contribution in [-0.4, -0.2) is 25.5 Å². The van der Waals surface area contributed by atoms with Crippen LogP contribution < -0.4 is 15.9 Å². The average molecular weight is 499 g/mol. The molecule has 0 unspecified atom stereocenters. The molecule has 34 heavy (non-hydrogen) atoms. The first-order chi connectivity index (χ1) is 16.4. The van der Waals surface area contributed by atoms with Crippen molar-refractivity contribution in [3.63, 3.8) is 0 Å². The Balaban J connectivity index is 1.56. The van der Waals surface area contributed by atoms with Gasteiger partial charge in [-0.05, 0) is 43.3 Å². The lowest BCUT2D eigenvalue weighted by molar-refractivity contribution is -0.0498. The van der Waals surface area contributed by atoms with E-state index in [-0.39, 0.29) is 16.9 Å². The van der Waals surface area contributed by atoms with Crippen molar-refractivity contribution < 1.29 is 13.5 Å². The van der Waals surface area contributed by atoms with E-state index in [1.807, 2.05) is 12.3 Å². The number of aromatic nitrogens is 4. The molecule has 0 saturated carbocycles. The molecule has 5 aromatic rings. The minimum Gasteiger partial charge on any atom is -0.435 e. The Labute approximate surface area is 199 Å². The van der Waals surface area contributed by atoms with Crippen LogP contribution in [-0.2, 0) is 5.75 Å². The van der Waals surface area contributed by atoms with Crippen molar-refractivity contribution in [3.05, 3.63) is 92.1 Å². The second kappa shape index (κ2) is 8.99. The molecule has 3 aromatic heterocycles. The molecule has 0 N–H and O–H groups in total. The third-order valence-corrected chi connectivity index (χ3v) is 6.96. The molecule has 0 amide bonds. The fraction of sp³-hybridized carbons (Fsp3) is 0.130. The molecule has 0 aliphatic heterocycles. The van der Waals surface area contributed by atoms with Crippen molar-refractivity contribution in [3.8, 4) is 11.4 Å². The molecule has 0 atom stereocenters. The molecule has 0 aliphatic carbocycles. The molecule has 0 bridgehead atoms. The lowest BCUT2D eigenvalue weighted by atomic mass is 10.2. The lowest BCUT2D eigenvalue weighted by Gasteiger charge is -2.14. The summed E-state index contributed by atoms with van der Waals surface area (Å²) in [6.45, 7) is -1.10. The number of aryl methyl sites for hydroxylation is 1. The van der Waals surface area contributed by atoms with E-state index >= 15 is 0 Å². The summed E-state index contributed by atoms with van der Waals surface area (Å²) in [6.07, 6.45) is 0. The number of ether oxygens (including phenoxy) is 1. The third kappa shape index (κ3) is 4.19. The smallest absolute Gasteiger partial charge is 0.387 e. The van der Waals surface area contributed by atoms with Crippen LogP contribution in [0.2, 0.25) is 0 Å². The minimum absolute atomic E-state index is 0.0148. The van der Waals surface area contributed by atoms with Gasteiger partial charge >= 0.3 is 6.61 Å². The van der Waals surface area contributed by atoms with Crippen LogP contribution in [0.3, 0.4) is 0 Å². The highest BCUT2D eigenvalue weighted by molar-refractivity contribution is 7.98. The summed E-state index contributed by atoms with van der Waals surface area (Å²) in [4.78, 5) is 35.7. The Kier molecular flexibility index (Phi) is 5.88. The van der Waals surface area contributed by atoms with Gasteiger partial charge in [0.05, 0.1) is 22.3 Å². The monoisotopic (exact) mass is 498 g/mol. The van der Waals surface area contributed by atoms with Crippen LogP contribution in [0.1, 0.15) is 11.4 Å². The van der Waals surface area contributed by atoms with E-state index < -0.39 is 6.61 Å². The second-order valence-electron chi connectivity index (χ2n) is 7.29. The quantitative estimate of drug-likeness (QED) is 0.250. The molecule has 2 aromatic carbocycles. The van der Waals surface area contributed by atoms with Crippen LogP contribution in [0.4, 0.5) is 8.78 Å². The van der Waals surface area contributed by atoms with Gasteiger partial charge < -0.3 is 4.74 Å². The van der Waals surface area contributed by atoms with Gasteiger partial charge in [0.2, 0.25) is 0 Å². The van der Waals surface area contributed by atoms with Crippen LogP contribution in [0.15, 0.2) is 74.7 Å². The maximum absolute atomic E-state index is 13.3. The Hall–Kier alpha value is -3.57. The molecule has 0 saturated heterocycles. The highest BCUT2D eigenvalue weighted by Crippen LogP contribution is 2.26. The summed E-state index contributed by atoms with van der Waals surface area (Å²) in [5, 5.41) is 2.67. The largest absolute Gasteiger partial charge is 0.435 e. The number of benzene rings is 2. The van der Waals surface area contributed by atoms with Crippen molar-refractivity contribution in [1.82, 2.24) is 18.9 Å². The SMILES string of the molecule is Cc1csc2nc(CSc3nc4ccccc4c(=O)n3-c3ccc(OC(F)F)cc3)cc(=O)n12. The van der Waals surface area contributed by atoms with Gasteiger partial charge in [0.25, 0.3) is 11.1 Å². The summed E-state index contributed by atoms with van der Waals surface area (Å²) >= 11 is 2.64. The maximum atomic E-state index is 13.3. The highest BCUT2D eigenvalue weighted by atomic mass is 32.2. The van der Waals surface area contributed by atoms with Crippen LogP contribution in [0, 0.1) is 6.92 Å². The van der Waals surface area contributed by atoms with Crippen LogP contribution in [0.5, 0.6) is 5.75 Å². The molecule has 3 heterocycles. The molecule has 0 spiro atoms. The summed E-state index contributed by atoms with van der Waals surface area (Å²) in [6, 6.07) is 14.2. The van der Waals surface area contributed by atoms with Gasteiger partial charge in [-0.2, -0.15) is 8.78 Å². The zero-order valence-electron chi connectivity index (χ0n) is 17.6. The third-order valence-electron chi connectivity index (χ3n) is 5.04. The van der Waals surface area contributed by atoms with Crippen molar-refractivity contribution >= 4 is 39.0 Å². The van der Waals surface area contributed by atoms with E-state index in [2.05, 4.69) is 14.7 Å². The fourth-order valence-electron chi connectivity index (χ4n) is 3.53. The zero-order valence-corrected chi connectivity index (χ0v) is 19.3. The van der Waals surface area contributed by atoms with Crippen LogP contribution in [0.25, 0.3) is 21.6 Å². The van der Waals surface area contributed by atoms with Gasteiger partial charge in [0.1, 0.15) is 5.75 Å². The van der Waals surface area contributed by atoms with Gasteiger partial charge in [-0.3, -0.25) is 18.6 Å². The Morgan fingerprint density at radius 1 is 1.09 bits per heavy atom. The van der Waals surface area contributed by atoms with E-state index in [0.717, 1.165) is 5.69 Å². The number of alkyl halides is 2. The van der Waals surface area contributed by atoms with E-state index in [0.29, 0.717) is 38.2 Å². The van der Waals surface area contributed by atoms with Crippen molar-refractivity contribution in [2.24, 2.45) is 0 Å². The van der Waals surface area contributed by atoms with Gasteiger partial charge in [0, 0.05) is 22.9 Å². The molecule has 0 aliphatic rings. The molecule has 7 nitrogen and oxygen atoms in total. The number of hydrogen-bond acceptors (Lipinski definition) is 7. The topological polar surface area (TPSA) is 78.5 Å². The lowest BCUT2D eigenvalue weighted by Crippen LogP contribution is -2.22. The number of hydrogen-bond donors (Lipinski definition) is 0. The first-order valence-electron chi connectivity index (χ1n) is 10.1. The van der Waals surface area contributed by atoms with E-state index in [4.69, 9.17) is 0 Å². The average Bonchev–Trinajstić information content (AvgIpc) is 3.19. The number of para-hydroxylation sites is 1. The molecule has 0 radical (unpaired) electrons. The summed E-state index contributed by atoms with van der Waals surface area (Å²) in [7, 11) is 0. The Morgan fingerprint density at radius 3 is 2.62 bits per heavy atom. The highest BCUT2D eigenvalue weighted by Gasteiger charge is 2.15. The summed E-state index contributed by atoms with van der Waals surface area (Å²) < 4.78 is 32.4. The first-order valence-corrected chi connectivity index (χ1v) is 11.9. The molecular weight excluding hydrogens is 482 g/mol. The van der Waals surface area contributed by atoms with Gasteiger partial charge in [0.15, 0.2) is 10.1 Å². The fourth-order valence-corrected chi connectivity index (χ4v) is 5.32. The van der Waals surface area contributed by atoms with Gasteiger partial charge in [-0.25, -0.2) is 9.97 Å². The number of fused-ring (bicyclic) bond motifs is 2. The van der Waals surface area contributed by atoms with Crippen molar-refractivity contribution in [2.45, 2.75) is 24.4 Å². The minimum atomic E-state index is -2.94. The number of thioether (sulfide) groups is 1. The number of halogens is 2. The molecule has 0 fully saturated rings. The molecule has 11 heteroatoms. The van der Waals surface area contributed by atoms with Crippen LogP contribution >= 0.6 is 23.1 Å². The normalized spacial score (nSPS) is 11.5. The maximum Gasteiger partial charge on any atom is 0.387 e. The number of thiazole rings is 1. The standard InChI is InChI=1S/C23H16F2N4O3S2/c1-13-11-33-22-26-14(10-19(30)28(13)22)12-34-23-27-18-5-3-2-4-17(18)20(31)29(23)15-6-8-16(9-7-15)32-21(24)25/h2-11,21H,12H2,1H3. The summed E-state index contributed by atoms with van der Waals surface area (Å²) in [5.41, 5.74) is 1.89. The van der Waals surface area contributed by atoms with E-state index in [9.17, 15) is 18.4 Å². The molecular formula is C23H16F2N4O3S2. The predicted molar refractivity (Wildman–Crippen MR) is 128 cm³/mol. The van der Waals surface area contributed by atoms with Crippen molar-refractivity contribution in [2.75, 3.05) is 0 Å². The molecule has 5 rings (SSSR count). The van der Waals surface area contributed by atoms with E-state index in [1.165, 1.54) is 58.0 Å². The Bertz CT molecular complexity index is 1630.